The van der Waals surface area contributed by atoms with Crippen LogP contribution < -0.4 is 20.3 Å². The summed E-state index contributed by atoms with van der Waals surface area (Å²) in [7, 11) is -3.75. The molecule has 3 rings (SSSR count). The smallest absolute Gasteiger partial charge is 0.475 e. The van der Waals surface area contributed by atoms with Crippen molar-refractivity contribution in [3.63, 3.8) is 0 Å². The van der Waals surface area contributed by atoms with E-state index >= 15 is 0 Å². The van der Waals surface area contributed by atoms with E-state index in [1.807, 2.05) is 6.92 Å². The van der Waals surface area contributed by atoms with Gasteiger partial charge in [-0.25, -0.2) is 13.2 Å². The van der Waals surface area contributed by atoms with E-state index in [9.17, 15) is 26.4 Å². The maximum absolute atomic E-state index is 12.8. The quantitative estimate of drug-likeness (QED) is 0.477. The van der Waals surface area contributed by atoms with E-state index in [0.717, 1.165) is 31.9 Å². The van der Waals surface area contributed by atoms with Crippen LogP contribution in [0.2, 0.25) is 0 Å². The molecular weight excluding hydrogens is 477 g/mol. The SMILES string of the molecule is CCNC(=O)c1ccc(N2CCNCC2)c(NS(=O)(=O)c2ccccc2)c1.O=C(O)C(F)(F)F. The Morgan fingerprint density at radius 3 is 2.21 bits per heavy atom. The van der Waals surface area contributed by atoms with Crippen molar-refractivity contribution < 1.29 is 36.3 Å². The summed E-state index contributed by atoms with van der Waals surface area (Å²) in [5, 5.41) is 13.1. The largest absolute Gasteiger partial charge is 0.490 e. The number of carbonyl (C=O) groups is 2. The molecule has 1 amide bonds. The van der Waals surface area contributed by atoms with Gasteiger partial charge in [-0.2, -0.15) is 13.2 Å². The number of hydrogen-bond acceptors (Lipinski definition) is 6. The summed E-state index contributed by atoms with van der Waals surface area (Å²) in [5.41, 5.74) is 1.59. The van der Waals surface area contributed by atoms with E-state index in [1.54, 1.807) is 48.5 Å². The maximum atomic E-state index is 12.8. The lowest BCUT2D eigenvalue weighted by Crippen LogP contribution is -2.43. The van der Waals surface area contributed by atoms with Crippen molar-refractivity contribution >= 4 is 33.3 Å². The molecule has 186 valence electrons. The van der Waals surface area contributed by atoms with Crippen LogP contribution >= 0.6 is 0 Å². The number of carboxylic acid groups (broad SMARTS) is 1. The van der Waals surface area contributed by atoms with Gasteiger partial charge >= 0.3 is 12.1 Å². The number of carbonyl (C=O) groups excluding carboxylic acids is 1. The number of amides is 1. The minimum absolute atomic E-state index is 0.180. The minimum atomic E-state index is -5.08. The third-order valence-electron chi connectivity index (χ3n) is 4.59. The maximum Gasteiger partial charge on any atom is 0.490 e. The first-order valence-electron chi connectivity index (χ1n) is 10.2. The van der Waals surface area contributed by atoms with Gasteiger partial charge < -0.3 is 20.6 Å². The zero-order valence-corrected chi connectivity index (χ0v) is 19.0. The zero-order chi connectivity index (χ0) is 25.4. The van der Waals surface area contributed by atoms with Crippen molar-refractivity contribution in [2.45, 2.75) is 18.0 Å². The number of halogens is 3. The second kappa shape index (κ2) is 11.7. The molecule has 13 heteroatoms. The number of piperazine rings is 1. The molecule has 0 aliphatic carbocycles. The van der Waals surface area contributed by atoms with Crippen LogP contribution in [0.3, 0.4) is 0 Å². The molecule has 1 fully saturated rings. The Balaban J connectivity index is 0.000000509. The van der Waals surface area contributed by atoms with Crippen molar-refractivity contribution in [2.75, 3.05) is 42.3 Å². The van der Waals surface area contributed by atoms with Gasteiger partial charge in [0.1, 0.15) is 0 Å². The van der Waals surface area contributed by atoms with E-state index in [1.165, 1.54) is 0 Å². The fourth-order valence-electron chi connectivity index (χ4n) is 3.01. The van der Waals surface area contributed by atoms with Crippen molar-refractivity contribution in [1.82, 2.24) is 10.6 Å². The Labute approximate surface area is 195 Å². The first-order valence-corrected chi connectivity index (χ1v) is 11.7. The summed E-state index contributed by atoms with van der Waals surface area (Å²) in [5.74, 6) is -2.99. The number of benzene rings is 2. The van der Waals surface area contributed by atoms with E-state index in [2.05, 4.69) is 20.3 Å². The normalized spacial score (nSPS) is 13.9. The first-order chi connectivity index (χ1) is 16.0. The highest BCUT2D eigenvalue weighted by atomic mass is 32.2. The second-order valence-electron chi connectivity index (χ2n) is 7.05. The van der Waals surface area contributed by atoms with E-state index in [4.69, 9.17) is 9.90 Å². The summed E-state index contributed by atoms with van der Waals surface area (Å²) in [4.78, 5) is 23.4. The van der Waals surface area contributed by atoms with Gasteiger partial charge in [0.15, 0.2) is 0 Å². The lowest BCUT2D eigenvalue weighted by Gasteiger charge is -2.31. The highest BCUT2D eigenvalue weighted by Gasteiger charge is 2.38. The summed E-state index contributed by atoms with van der Waals surface area (Å²) in [6, 6.07) is 13.3. The van der Waals surface area contributed by atoms with Crippen molar-refractivity contribution in [1.29, 1.82) is 0 Å². The van der Waals surface area contributed by atoms with Gasteiger partial charge in [-0.3, -0.25) is 9.52 Å². The van der Waals surface area contributed by atoms with Gasteiger partial charge in [0.05, 0.1) is 16.3 Å². The first kappa shape index (κ1) is 26.9. The Bertz CT molecular complexity index is 1090. The molecule has 1 aliphatic heterocycles. The van der Waals surface area contributed by atoms with Crippen LogP contribution in [0.15, 0.2) is 53.4 Å². The molecule has 1 heterocycles. The van der Waals surface area contributed by atoms with E-state index < -0.39 is 22.2 Å². The molecule has 0 spiro atoms. The van der Waals surface area contributed by atoms with Gasteiger partial charge in [0, 0.05) is 38.3 Å². The topological polar surface area (TPSA) is 128 Å². The molecule has 0 saturated carbocycles. The van der Waals surface area contributed by atoms with Gasteiger partial charge in [0.2, 0.25) is 0 Å². The summed E-state index contributed by atoms with van der Waals surface area (Å²) >= 11 is 0. The molecular formula is C21H25F3N4O5S. The van der Waals surface area contributed by atoms with Crippen molar-refractivity contribution in [2.24, 2.45) is 0 Å². The monoisotopic (exact) mass is 502 g/mol. The highest BCUT2D eigenvalue weighted by Crippen LogP contribution is 2.30. The molecule has 1 aliphatic rings. The van der Waals surface area contributed by atoms with Crippen LogP contribution in [-0.2, 0) is 14.8 Å². The van der Waals surface area contributed by atoms with E-state index in [0.29, 0.717) is 17.8 Å². The average molecular weight is 503 g/mol. The van der Waals surface area contributed by atoms with Crippen LogP contribution in [0.4, 0.5) is 24.5 Å². The van der Waals surface area contributed by atoms with Gasteiger partial charge in [-0.1, -0.05) is 18.2 Å². The fraction of sp³-hybridized carbons (Fsp3) is 0.333. The molecule has 9 nitrogen and oxygen atoms in total. The molecule has 0 atom stereocenters. The molecule has 0 aromatic heterocycles. The van der Waals surface area contributed by atoms with Gasteiger partial charge in [-0.05, 0) is 37.3 Å². The number of sulfonamides is 1. The number of hydrogen-bond donors (Lipinski definition) is 4. The third-order valence-corrected chi connectivity index (χ3v) is 5.98. The number of aliphatic carboxylic acids is 1. The number of anilines is 2. The predicted octanol–water partition coefficient (Wildman–Crippen LogP) is 2.28. The number of nitrogens with zero attached hydrogens (tertiary/aromatic N) is 1. The molecule has 0 unspecified atom stereocenters. The lowest BCUT2D eigenvalue weighted by atomic mass is 10.1. The van der Waals surface area contributed by atoms with Crippen molar-refractivity contribution in [3.05, 3.63) is 54.1 Å². The van der Waals surface area contributed by atoms with Crippen molar-refractivity contribution in [3.8, 4) is 0 Å². The average Bonchev–Trinajstić information content (AvgIpc) is 2.80. The summed E-state index contributed by atoms with van der Waals surface area (Å²) in [6.07, 6.45) is -5.08. The zero-order valence-electron chi connectivity index (χ0n) is 18.2. The summed E-state index contributed by atoms with van der Waals surface area (Å²) in [6.45, 7) is 5.52. The number of carboxylic acids is 1. The van der Waals surface area contributed by atoms with E-state index in [-0.39, 0.29) is 10.8 Å². The number of rotatable bonds is 6. The number of alkyl halides is 3. The van der Waals surface area contributed by atoms with Crippen LogP contribution in [0.5, 0.6) is 0 Å². The molecule has 0 bridgehead atoms. The molecule has 34 heavy (non-hydrogen) atoms. The fourth-order valence-corrected chi connectivity index (χ4v) is 4.09. The highest BCUT2D eigenvalue weighted by molar-refractivity contribution is 7.92. The van der Waals surface area contributed by atoms with Gasteiger partial charge in [-0.15, -0.1) is 0 Å². The third kappa shape index (κ3) is 7.63. The predicted molar refractivity (Wildman–Crippen MR) is 120 cm³/mol. The van der Waals surface area contributed by atoms with Crippen LogP contribution in [0.25, 0.3) is 0 Å². The van der Waals surface area contributed by atoms with Gasteiger partial charge in [0.25, 0.3) is 15.9 Å². The number of nitrogens with one attached hydrogen (secondary N) is 3. The molecule has 2 aromatic carbocycles. The Morgan fingerprint density at radius 1 is 1.09 bits per heavy atom. The summed E-state index contributed by atoms with van der Waals surface area (Å²) < 4.78 is 60.0. The molecule has 4 N–H and O–H groups in total. The van der Waals surface area contributed by atoms with Crippen LogP contribution in [0.1, 0.15) is 17.3 Å². The van der Waals surface area contributed by atoms with Crippen LogP contribution in [-0.4, -0.2) is 64.3 Å². The molecule has 0 radical (unpaired) electrons. The minimum Gasteiger partial charge on any atom is -0.475 e. The van der Waals surface area contributed by atoms with Crippen LogP contribution in [0, 0.1) is 0 Å². The molecule has 1 saturated heterocycles. The Hall–Kier alpha value is -3.32. The molecule has 2 aromatic rings. The Morgan fingerprint density at radius 2 is 1.68 bits per heavy atom. The standard InChI is InChI=1S/C19H24N4O3S.C2HF3O2/c1-2-21-19(24)15-8-9-18(23-12-10-20-11-13-23)17(14-15)22-27(25,26)16-6-4-3-5-7-16;3-2(4,5)1(6)7/h3-9,14,20,22H,2,10-13H2,1H3,(H,21,24);(H,6,7). The Kier molecular flexibility index (Phi) is 9.27. The second-order valence-corrected chi connectivity index (χ2v) is 8.73. The lowest BCUT2D eigenvalue weighted by molar-refractivity contribution is -0.192.